The Balaban J connectivity index is 0.000000658. The number of carbonyl (C=O) groups is 2. The zero-order chi connectivity index (χ0) is 30.2. The molecule has 0 bridgehead atoms. The van der Waals surface area contributed by atoms with Crippen molar-refractivity contribution in [2.75, 3.05) is 33.2 Å². The Morgan fingerprint density at radius 2 is 1.51 bits per heavy atom. The fraction of sp³-hybridized carbons (Fsp3) is 0.355. The van der Waals surface area contributed by atoms with Crippen molar-refractivity contribution in [3.05, 3.63) is 95.2 Å². The van der Waals surface area contributed by atoms with E-state index in [1.165, 1.54) is 24.3 Å². The van der Waals surface area contributed by atoms with Gasteiger partial charge in [-0.1, -0.05) is 36.5 Å². The summed E-state index contributed by atoms with van der Waals surface area (Å²) in [4.78, 5) is 27.6. The number of carboxylic acids is 2. The molecule has 5 rings (SSSR count). The zero-order valence-corrected chi connectivity index (χ0v) is 24.4. The quantitative estimate of drug-likeness (QED) is 0.297. The number of fused-ring (bicyclic) bond motifs is 1. The molecule has 12 heteroatoms. The molecule has 0 radical (unpaired) electrons. The number of rotatable bonds is 6. The topological polar surface area (TPSA) is 140 Å². The van der Waals surface area contributed by atoms with E-state index in [0.29, 0.717) is 11.8 Å². The van der Waals surface area contributed by atoms with Crippen molar-refractivity contribution in [2.45, 2.75) is 31.3 Å². The fourth-order valence-corrected chi connectivity index (χ4v) is 5.73. The highest BCUT2D eigenvalue weighted by Crippen LogP contribution is 2.38. The minimum atomic E-state index is -2.19. The lowest BCUT2D eigenvalue weighted by Gasteiger charge is -2.37. The van der Waals surface area contributed by atoms with Gasteiger partial charge in [-0.05, 0) is 85.8 Å². The number of likely N-dealkylation sites (N-methyl/N-ethyl adjacent to an activating group) is 1. The normalized spacial score (nSPS) is 17.1. The van der Waals surface area contributed by atoms with Gasteiger partial charge in [0.2, 0.25) is 5.88 Å². The van der Waals surface area contributed by atoms with Crippen LogP contribution < -0.4 is 14.9 Å². The maximum Gasteiger partial charge on any atom is 0.224 e. The number of aliphatic carboxylic acids is 2. The molecule has 3 heterocycles. The largest absolute Gasteiger partial charge is 0.543 e. The van der Waals surface area contributed by atoms with Crippen LogP contribution in [0.5, 0.6) is 5.88 Å². The van der Waals surface area contributed by atoms with E-state index < -0.39 is 11.9 Å². The molecular weight excluding hydrogens is 580 g/mol. The summed E-state index contributed by atoms with van der Waals surface area (Å²) in [5.41, 5.74) is 3.04. The van der Waals surface area contributed by atoms with Crippen LogP contribution >= 0.6 is 12.2 Å². The predicted octanol–water partition coefficient (Wildman–Crippen LogP) is 1.32. The van der Waals surface area contributed by atoms with Crippen LogP contribution in [0.3, 0.4) is 0 Å². The first-order chi connectivity index (χ1) is 20.1. The van der Waals surface area contributed by atoms with Gasteiger partial charge in [0.25, 0.3) is 0 Å². The second kappa shape index (κ2) is 15.5. The van der Waals surface area contributed by atoms with Gasteiger partial charge in [-0.25, -0.2) is 13.8 Å². The van der Waals surface area contributed by atoms with Crippen LogP contribution in [0.15, 0.2) is 66.9 Å². The van der Waals surface area contributed by atoms with Gasteiger partial charge in [-0.3, -0.25) is 0 Å². The Bertz CT molecular complexity index is 1330. The molecule has 2 N–H and O–H groups in total. The van der Waals surface area contributed by atoms with Crippen LogP contribution in [0, 0.1) is 17.6 Å². The van der Waals surface area contributed by atoms with Crippen molar-refractivity contribution in [3.8, 4) is 5.88 Å². The number of aromatic nitrogens is 1. The molecule has 3 aromatic rings. The number of halogens is 2. The third kappa shape index (κ3) is 8.99. The van der Waals surface area contributed by atoms with Gasteiger partial charge in [-0.2, -0.15) is 0 Å². The highest BCUT2D eigenvalue weighted by atomic mass is 32.1. The first-order valence-corrected chi connectivity index (χ1v) is 14.1. The van der Waals surface area contributed by atoms with Gasteiger partial charge in [0, 0.05) is 25.7 Å². The number of thiocarbonyl (C=S) groups is 1. The number of likely N-dealkylation sites (tertiary alicyclic amines) is 1. The number of hydrogen-bond acceptors (Lipinski definition) is 8. The first-order valence-electron chi connectivity index (χ1n) is 13.6. The van der Waals surface area contributed by atoms with Gasteiger partial charge >= 0.3 is 0 Å². The number of ether oxygens (including phenoxy) is 1. The van der Waals surface area contributed by atoms with E-state index in [4.69, 9.17) is 36.8 Å². The fourth-order valence-electron chi connectivity index (χ4n) is 5.50. The molecule has 43 heavy (non-hydrogen) atoms. The number of carboxylic acid groups (broad SMARTS) is 2. The highest BCUT2D eigenvalue weighted by Gasteiger charge is 2.30. The van der Waals surface area contributed by atoms with Crippen molar-refractivity contribution in [3.63, 3.8) is 0 Å². The van der Waals surface area contributed by atoms with Crippen LogP contribution in [0.1, 0.15) is 41.9 Å². The maximum absolute atomic E-state index is 13.6. The number of pyridine rings is 1. The Kier molecular flexibility index (Phi) is 12.0. The zero-order valence-electron chi connectivity index (χ0n) is 23.6. The van der Waals surface area contributed by atoms with Gasteiger partial charge < -0.3 is 39.8 Å². The Morgan fingerprint density at radius 1 is 0.977 bits per heavy atom. The summed E-state index contributed by atoms with van der Waals surface area (Å²) in [5.74, 6) is -3.70. The van der Waals surface area contributed by atoms with Crippen molar-refractivity contribution in [1.29, 1.82) is 0 Å². The van der Waals surface area contributed by atoms with Gasteiger partial charge in [0.05, 0.1) is 24.0 Å². The summed E-state index contributed by atoms with van der Waals surface area (Å²) >= 11 is 5.62. The molecule has 1 saturated heterocycles. The average molecular weight is 614 g/mol. The van der Waals surface area contributed by atoms with Gasteiger partial charge in [0.1, 0.15) is 22.7 Å². The standard InChI is InChI=1S/C29H31F2N3OS.C2H2O4.H2O/c1-33-19-25(35-28-26(29(33)36)3-2-15-32-28)14-18-34-16-12-22(13-17-34)27(20-4-8-23(30)9-5-20)21-6-10-24(31)11-7-21;3-1(4)2(5)6;/h2-11,15,22,25,27H,12-14,16-19H2,1H3;(H,3,4)(H,5,6);1H2/p-2. The van der Waals surface area contributed by atoms with E-state index in [0.717, 1.165) is 67.1 Å². The minimum Gasteiger partial charge on any atom is -0.543 e. The molecule has 0 aliphatic carbocycles. The molecule has 2 aliphatic rings. The summed E-state index contributed by atoms with van der Waals surface area (Å²) in [6.45, 7) is 3.65. The minimum absolute atomic E-state index is 0. The molecular formula is C31H33F2N3O6S-2. The van der Waals surface area contributed by atoms with Crippen LogP contribution in [-0.2, 0) is 9.59 Å². The molecule has 2 aliphatic heterocycles. The van der Waals surface area contributed by atoms with Crippen molar-refractivity contribution in [1.82, 2.24) is 14.8 Å². The van der Waals surface area contributed by atoms with E-state index in [2.05, 4.69) is 14.8 Å². The number of benzene rings is 2. The second-order valence-corrected chi connectivity index (χ2v) is 10.8. The average Bonchev–Trinajstić information content (AvgIpc) is 3.10. The lowest BCUT2D eigenvalue weighted by molar-refractivity contribution is -0.345. The van der Waals surface area contributed by atoms with Crippen LogP contribution in [0.4, 0.5) is 8.78 Å². The molecule has 0 spiro atoms. The molecule has 0 saturated carbocycles. The highest BCUT2D eigenvalue weighted by molar-refractivity contribution is 7.80. The maximum atomic E-state index is 13.6. The summed E-state index contributed by atoms with van der Waals surface area (Å²) in [6.07, 6.45) is 4.71. The molecule has 1 fully saturated rings. The molecule has 2 aromatic carbocycles. The number of hydrogen-bond donors (Lipinski definition) is 0. The number of carbonyl (C=O) groups excluding carboxylic acids is 2. The van der Waals surface area contributed by atoms with Gasteiger partial charge in [-0.15, -0.1) is 0 Å². The molecule has 9 nitrogen and oxygen atoms in total. The number of nitrogens with zero attached hydrogens (tertiary/aromatic N) is 3. The smallest absolute Gasteiger partial charge is 0.224 e. The van der Waals surface area contributed by atoms with Crippen molar-refractivity contribution < 1.29 is 38.8 Å². The van der Waals surface area contributed by atoms with E-state index in [-0.39, 0.29) is 29.1 Å². The summed E-state index contributed by atoms with van der Waals surface area (Å²) < 4.78 is 33.5. The lowest BCUT2D eigenvalue weighted by atomic mass is 9.76. The Labute approximate surface area is 254 Å². The second-order valence-electron chi connectivity index (χ2n) is 10.4. The van der Waals surface area contributed by atoms with Crippen molar-refractivity contribution >= 4 is 29.1 Å². The van der Waals surface area contributed by atoms with Gasteiger partial charge in [0.15, 0.2) is 0 Å². The molecule has 1 aromatic heterocycles. The third-order valence-corrected chi connectivity index (χ3v) is 8.13. The van der Waals surface area contributed by atoms with E-state index in [9.17, 15) is 8.78 Å². The molecule has 1 atom stereocenters. The Morgan fingerprint density at radius 3 is 2.02 bits per heavy atom. The SMILES string of the molecule is CN1CC(CCN2CCC(C(c3ccc(F)cc3)c3ccc(F)cc3)CC2)Oc2ncccc2C1=S.O.O=C([O-])C(=O)[O-]. The Hall–Kier alpha value is -4.00. The van der Waals surface area contributed by atoms with Crippen molar-refractivity contribution in [2.24, 2.45) is 5.92 Å². The molecule has 0 amide bonds. The monoisotopic (exact) mass is 613 g/mol. The molecule has 1 unspecified atom stereocenters. The first kappa shape index (κ1) is 33.5. The van der Waals surface area contributed by atoms with Crippen LogP contribution in [0.2, 0.25) is 0 Å². The third-order valence-electron chi connectivity index (χ3n) is 7.60. The number of piperidine rings is 1. The summed E-state index contributed by atoms with van der Waals surface area (Å²) in [6, 6.07) is 17.4. The van der Waals surface area contributed by atoms with Crippen LogP contribution in [0.25, 0.3) is 0 Å². The van der Waals surface area contributed by atoms with E-state index in [1.807, 2.05) is 43.4 Å². The lowest BCUT2D eigenvalue weighted by Crippen LogP contribution is -2.42. The predicted molar refractivity (Wildman–Crippen MR) is 155 cm³/mol. The van der Waals surface area contributed by atoms with E-state index in [1.54, 1.807) is 6.20 Å². The summed E-state index contributed by atoms with van der Waals surface area (Å²) in [7, 11) is 2.01. The summed E-state index contributed by atoms with van der Waals surface area (Å²) in [5, 5.41) is 17.9. The molecule has 230 valence electrons. The van der Waals surface area contributed by atoms with E-state index >= 15 is 0 Å². The van der Waals surface area contributed by atoms with Crippen LogP contribution in [-0.4, -0.2) is 76.5 Å².